The zero-order valence-corrected chi connectivity index (χ0v) is 12.0. The van der Waals surface area contributed by atoms with Crippen molar-refractivity contribution in [1.82, 2.24) is 4.90 Å². The molecule has 1 amide bonds. The van der Waals surface area contributed by atoms with Crippen molar-refractivity contribution in [2.75, 3.05) is 6.54 Å². The van der Waals surface area contributed by atoms with Crippen LogP contribution in [0.15, 0.2) is 6.07 Å². The first-order valence-corrected chi connectivity index (χ1v) is 6.78. The number of hydrogen-bond acceptors (Lipinski definition) is 3. The Balaban J connectivity index is 2.98. The topological polar surface area (TPSA) is 57.6 Å². The van der Waals surface area contributed by atoms with Gasteiger partial charge in [0.25, 0.3) is 5.91 Å². The molecule has 0 aliphatic carbocycles. The van der Waals surface area contributed by atoms with Crippen molar-refractivity contribution in [1.29, 1.82) is 0 Å². The Bertz CT molecular complexity index is 434. The van der Waals surface area contributed by atoms with Crippen LogP contribution in [0.2, 0.25) is 0 Å². The van der Waals surface area contributed by atoms with Crippen molar-refractivity contribution in [3.8, 4) is 0 Å². The largest absolute Gasteiger partial charge is 0.480 e. The molecular formula is C13H19NO3S. The SMILES string of the molecule is CCC(C)N(CC(=O)O)C(=O)c1cc(C)c(C)s1. The van der Waals surface area contributed by atoms with E-state index in [4.69, 9.17) is 5.11 Å². The number of thiophene rings is 1. The van der Waals surface area contributed by atoms with Crippen LogP contribution in [0.3, 0.4) is 0 Å². The van der Waals surface area contributed by atoms with Crippen LogP contribution in [0.4, 0.5) is 0 Å². The first kappa shape index (κ1) is 14.7. The molecule has 0 saturated carbocycles. The van der Waals surface area contributed by atoms with Gasteiger partial charge in [0.05, 0.1) is 4.88 Å². The second-order valence-corrected chi connectivity index (χ2v) is 5.69. The summed E-state index contributed by atoms with van der Waals surface area (Å²) >= 11 is 1.42. The molecule has 0 radical (unpaired) electrons. The Kier molecular flexibility index (Phi) is 4.90. The lowest BCUT2D eigenvalue weighted by Crippen LogP contribution is -2.41. The first-order valence-electron chi connectivity index (χ1n) is 5.96. The van der Waals surface area contributed by atoms with E-state index < -0.39 is 5.97 Å². The van der Waals surface area contributed by atoms with Crippen LogP contribution in [-0.4, -0.2) is 34.5 Å². The van der Waals surface area contributed by atoms with E-state index >= 15 is 0 Å². The van der Waals surface area contributed by atoms with Gasteiger partial charge in [-0.15, -0.1) is 11.3 Å². The number of aliphatic carboxylic acids is 1. The fourth-order valence-corrected chi connectivity index (χ4v) is 2.60. The maximum Gasteiger partial charge on any atom is 0.323 e. The molecule has 18 heavy (non-hydrogen) atoms. The fourth-order valence-electron chi connectivity index (χ4n) is 1.61. The average Bonchev–Trinajstić information content (AvgIpc) is 2.64. The molecule has 4 nitrogen and oxygen atoms in total. The van der Waals surface area contributed by atoms with Gasteiger partial charge in [-0.1, -0.05) is 6.92 Å². The number of hydrogen-bond donors (Lipinski definition) is 1. The Morgan fingerprint density at radius 2 is 2.06 bits per heavy atom. The zero-order chi connectivity index (χ0) is 13.9. The lowest BCUT2D eigenvalue weighted by molar-refractivity contribution is -0.138. The summed E-state index contributed by atoms with van der Waals surface area (Å²) in [6.45, 7) is 7.48. The van der Waals surface area contributed by atoms with Gasteiger partial charge in [0.15, 0.2) is 0 Å². The number of rotatable bonds is 5. The highest BCUT2D eigenvalue weighted by Crippen LogP contribution is 2.23. The van der Waals surface area contributed by atoms with Gasteiger partial charge in [-0.25, -0.2) is 0 Å². The molecule has 1 aromatic heterocycles. The number of nitrogens with zero attached hydrogens (tertiary/aromatic N) is 1. The quantitative estimate of drug-likeness (QED) is 0.894. The minimum atomic E-state index is -0.978. The standard InChI is InChI=1S/C13H19NO3S/c1-5-9(3)14(7-12(15)16)13(17)11-6-8(2)10(4)18-11/h6,9H,5,7H2,1-4H3,(H,15,16). The molecule has 1 aromatic rings. The van der Waals surface area contributed by atoms with Gasteiger partial charge >= 0.3 is 5.97 Å². The Labute approximate surface area is 111 Å². The summed E-state index contributed by atoms with van der Waals surface area (Å²) in [7, 11) is 0. The number of carboxylic acid groups (broad SMARTS) is 1. The van der Waals surface area contributed by atoms with Crippen LogP contribution in [0.1, 0.15) is 40.4 Å². The van der Waals surface area contributed by atoms with Gasteiger partial charge in [0, 0.05) is 10.9 Å². The third-order valence-corrected chi connectivity index (χ3v) is 4.21. The summed E-state index contributed by atoms with van der Waals surface area (Å²) in [5, 5.41) is 8.89. The molecule has 100 valence electrons. The number of aryl methyl sites for hydroxylation is 2. The molecular weight excluding hydrogens is 250 g/mol. The van der Waals surface area contributed by atoms with Crippen LogP contribution in [0.5, 0.6) is 0 Å². The molecule has 5 heteroatoms. The molecule has 0 saturated heterocycles. The van der Waals surface area contributed by atoms with Gasteiger partial charge in [-0.05, 0) is 38.8 Å². The van der Waals surface area contributed by atoms with E-state index in [1.807, 2.05) is 33.8 Å². The third-order valence-electron chi connectivity index (χ3n) is 3.07. The Hall–Kier alpha value is -1.36. The molecule has 1 rings (SSSR count). The van der Waals surface area contributed by atoms with Crippen LogP contribution in [0, 0.1) is 13.8 Å². The van der Waals surface area contributed by atoms with Gasteiger partial charge in [0.2, 0.25) is 0 Å². The summed E-state index contributed by atoms with van der Waals surface area (Å²) in [6, 6.07) is 1.76. The maximum atomic E-state index is 12.3. The van der Waals surface area contributed by atoms with Crippen molar-refractivity contribution in [3.63, 3.8) is 0 Å². The molecule has 1 unspecified atom stereocenters. The second kappa shape index (κ2) is 6.00. The lowest BCUT2D eigenvalue weighted by Gasteiger charge is -2.26. The van der Waals surface area contributed by atoms with Crippen LogP contribution < -0.4 is 0 Å². The van der Waals surface area contributed by atoms with Crippen molar-refractivity contribution >= 4 is 23.2 Å². The van der Waals surface area contributed by atoms with Crippen molar-refractivity contribution in [2.24, 2.45) is 0 Å². The molecule has 1 atom stereocenters. The first-order chi connectivity index (χ1) is 8.36. The minimum absolute atomic E-state index is 0.0729. The number of carboxylic acids is 1. The highest BCUT2D eigenvalue weighted by Gasteiger charge is 2.24. The molecule has 0 fully saturated rings. The predicted octanol–water partition coefficient (Wildman–Crippen LogP) is 2.69. The number of amides is 1. The predicted molar refractivity (Wildman–Crippen MR) is 72.2 cm³/mol. The summed E-state index contributed by atoms with van der Waals surface area (Å²) in [5.74, 6) is -1.17. The van der Waals surface area contributed by atoms with Crippen molar-refractivity contribution < 1.29 is 14.7 Å². The van der Waals surface area contributed by atoms with Crippen LogP contribution in [-0.2, 0) is 4.79 Å². The van der Waals surface area contributed by atoms with Gasteiger partial charge < -0.3 is 10.0 Å². The highest BCUT2D eigenvalue weighted by atomic mass is 32.1. The minimum Gasteiger partial charge on any atom is -0.480 e. The van der Waals surface area contributed by atoms with Crippen LogP contribution >= 0.6 is 11.3 Å². The zero-order valence-electron chi connectivity index (χ0n) is 11.2. The van der Waals surface area contributed by atoms with E-state index in [0.717, 1.165) is 16.9 Å². The molecule has 0 spiro atoms. The Morgan fingerprint density at radius 3 is 2.44 bits per heavy atom. The fraction of sp³-hybridized carbons (Fsp3) is 0.538. The highest BCUT2D eigenvalue weighted by molar-refractivity contribution is 7.14. The molecule has 0 bridgehead atoms. The van der Waals surface area contributed by atoms with Gasteiger partial charge in [-0.2, -0.15) is 0 Å². The maximum absolute atomic E-state index is 12.3. The van der Waals surface area contributed by atoms with Crippen molar-refractivity contribution in [2.45, 2.75) is 40.2 Å². The van der Waals surface area contributed by atoms with E-state index in [1.165, 1.54) is 16.2 Å². The number of carbonyl (C=O) groups is 2. The monoisotopic (exact) mass is 269 g/mol. The summed E-state index contributed by atoms with van der Waals surface area (Å²) in [6.07, 6.45) is 0.738. The van der Waals surface area contributed by atoms with E-state index in [-0.39, 0.29) is 18.5 Å². The summed E-state index contributed by atoms with van der Waals surface area (Å²) < 4.78 is 0. The molecule has 1 N–H and O–H groups in total. The average molecular weight is 269 g/mol. The van der Waals surface area contributed by atoms with E-state index in [9.17, 15) is 9.59 Å². The molecule has 1 heterocycles. The smallest absolute Gasteiger partial charge is 0.323 e. The van der Waals surface area contributed by atoms with E-state index in [2.05, 4.69) is 0 Å². The molecule has 0 aromatic carbocycles. The van der Waals surface area contributed by atoms with Crippen molar-refractivity contribution in [3.05, 3.63) is 21.4 Å². The summed E-state index contributed by atoms with van der Waals surface area (Å²) in [5.41, 5.74) is 1.07. The van der Waals surface area contributed by atoms with E-state index in [0.29, 0.717) is 4.88 Å². The third kappa shape index (κ3) is 3.32. The van der Waals surface area contributed by atoms with Gasteiger partial charge in [0.1, 0.15) is 6.54 Å². The molecule has 0 aliphatic rings. The van der Waals surface area contributed by atoms with E-state index in [1.54, 1.807) is 0 Å². The Morgan fingerprint density at radius 1 is 1.44 bits per heavy atom. The second-order valence-electron chi connectivity index (χ2n) is 4.43. The lowest BCUT2D eigenvalue weighted by atomic mass is 10.2. The summed E-state index contributed by atoms with van der Waals surface area (Å²) in [4.78, 5) is 26.3. The molecule has 0 aliphatic heterocycles. The normalized spacial score (nSPS) is 12.2. The number of carbonyl (C=O) groups excluding carboxylic acids is 1. The van der Waals surface area contributed by atoms with Crippen LogP contribution in [0.25, 0.3) is 0 Å². The van der Waals surface area contributed by atoms with Gasteiger partial charge in [-0.3, -0.25) is 9.59 Å².